The first-order valence-corrected chi connectivity index (χ1v) is 14.7. The van der Waals surface area contributed by atoms with Gasteiger partial charge in [-0.25, -0.2) is 0 Å². The molecule has 0 aromatic heterocycles. The van der Waals surface area contributed by atoms with E-state index in [2.05, 4.69) is 23.7 Å². The second-order valence-corrected chi connectivity index (χ2v) is 12.1. The topological polar surface area (TPSA) is 201 Å². The molecule has 2 aromatic carbocycles. The lowest BCUT2D eigenvalue weighted by atomic mass is 9.76. The van der Waals surface area contributed by atoms with Crippen molar-refractivity contribution in [1.82, 2.24) is 0 Å². The maximum atomic E-state index is 10.7. The molecular formula is C33H36O11. The quantitative estimate of drug-likeness (QED) is 0.169. The van der Waals surface area contributed by atoms with E-state index in [1.54, 1.807) is 6.07 Å². The van der Waals surface area contributed by atoms with Crippen molar-refractivity contribution in [2.45, 2.75) is 91.8 Å². The van der Waals surface area contributed by atoms with Crippen LogP contribution in [0.15, 0.2) is 36.4 Å². The Morgan fingerprint density at radius 1 is 0.636 bits per heavy atom. The molecule has 6 rings (SSSR count). The molecule has 2 saturated heterocycles. The summed E-state index contributed by atoms with van der Waals surface area (Å²) < 4.78 is 11.1. The van der Waals surface area contributed by atoms with Crippen LogP contribution in [0.1, 0.15) is 41.5 Å². The molecule has 11 heteroatoms. The standard InChI is InChI=1S/C33H36O11/c34-14-18-11-23(36)29(39)26(43-18)7-3-16-1-5-19-20-6-2-17(4-8-27-30(40)32(42)31(41)28(15-35)44-27)10-22(20)33(21(19)9-16)12-24(37)25(38)13-33/h1-2,5-6,9-10,18,23-32,34-42H,11-15H2/t18-,23-,24-,25+,26+,27+,28+,29-,30+,31+,32+,33?/m0/s1. The van der Waals surface area contributed by atoms with E-state index in [0.29, 0.717) is 11.1 Å². The molecule has 1 unspecified atom stereocenters. The molecule has 44 heavy (non-hydrogen) atoms. The van der Waals surface area contributed by atoms with Crippen LogP contribution in [-0.4, -0.2) is 126 Å². The minimum Gasteiger partial charge on any atom is -0.394 e. The minimum atomic E-state index is -1.54. The van der Waals surface area contributed by atoms with E-state index in [0.717, 1.165) is 22.3 Å². The van der Waals surface area contributed by atoms with Gasteiger partial charge in [0.25, 0.3) is 0 Å². The molecule has 0 amide bonds. The van der Waals surface area contributed by atoms with Gasteiger partial charge >= 0.3 is 0 Å². The van der Waals surface area contributed by atoms with Gasteiger partial charge in [-0.3, -0.25) is 0 Å². The Balaban J connectivity index is 1.33. The van der Waals surface area contributed by atoms with E-state index in [-0.39, 0.29) is 25.9 Å². The number of benzene rings is 2. The monoisotopic (exact) mass is 608 g/mol. The smallest absolute Gasteiger partial charge is 0.147 e. The number of aliphatic hydroxyl groups is 9. The number of fused-ring (bicyclic) bond motifs is 5. The molecule has 0 radical (unpaired) electrons. The van der Waals surface area contributed by atoms with Crippen molar-refractivity contribution in [1.29, 1.82) is 0 Å². The van der Waals surface area contributed by atoms with Gasteiger partial charge < -0.3 is 55.4 Å². The number of hydrogen-bond acceptors (Lipinski definition) is 11. The van der Waals surface area contributed by atoms with Crippen molar-refractivity contribution in [2.24, 2.45) is 0 Å². The van der Waals surface area contributed by atoms with E-state index in [4.69, 9.17) is 9.47 Å². The third kappa shape index (κ3) is 5.35. The third-order valence-corrected chi connectivity index (χ3v) is 9.28. The highest BCUT2D eigenvalue weighted by atomic mass is 16.5. The van der Waals surface area contributed by atoms with Crippen LogP contribution in [0.5, 0.6) is 0 Å². The number of hydrogen-bond donors (Lipinski definition) is 9. The van der Waals surface area contributed by atoms with E-state index in [1.165, 1.54) is 0 Å². The molecule has 9 N–H and O–H groups in total. The SMILES string of the molecule is OC[C@@H]1C[C@H](O)[C@H](O)[C@@H](C#Cc2ccc3c(c2)C2(C[C@@H](O)[C@@H](O)C2)c2cc(C#C[C@H]4O[C@H](CO)[C@@H](O)[C@H](O)[C@@H]4O)ccc2-3)O1. The molecule has 2 aliphatic carbocycles. The number of aliphatic hydroxyl groups excluding tert-OH is 9. The van der Waals surface area contributed by atoms with Crippen LogP contribution in [0.2, 0.25) is 0 Å². The van der Waals surface area contributed by atoms with Crippen LogP contribution in [-0.2, 0) is 14.9 Å². The summed E-state index contributed by atoms with van der Waals surface area (Å²) in [5, 5.41) is 91.3. The summed E-state index contributed by atoms with van der Waals surface area (Å²) in [5.41, 5.74) is 3.95. The first kappa shape index (κ1) is 31.1. The largest absolute Gasteiger partial charge is 0.394 e. The minimum absolute atomic E-state index is 0.106. The van der Waals surface area contributed by atoms with Crippen LogP contribution in [0.3, 0.4) is 0 Å². The van der Waals surface area contributed by atoms with Crippen molar-refractivity contribution < 1.29 is 55.4 Å². The fourth-order valence-electron chi connectivity index (χ4n) is 6.88. The molecular weight excluding hydrogens is 572 g/mol. The van der Waals surface area contributed by atoms with Crippen LogP contribution in [0.25, 0.3) is 11.1 Å². The molecule has 1 saturated carbocycles. The Bertz CT molecular complexity index is 1510. The van der Waals surface area contributed by atoms with Gasteiger partial charge in [-0.1, -0.05) is 35.8 Å². The normalized spacial score (nSPS) is 39.2. The average Bonchev–Trinajstić information content (AvgIpc) is 3.47. The zero-order valence-electron chi connectivity index (χ0n) is 23.7. The summed E-state index contributed by atoms with van der Waals surface area (Å²) in [6.45, 7) is -0.861. The fourth-order valence-corrected chi connectivity index (χ4v) is 6.88. The molecule has 1 spiro atoms. The highest BCUT2D eigenvalue weighted by Gasteiger charge is 2.52. The molecule has 4 aliphatic rings. The summed E-state index contributed by atoms with van der Waals surface area (Å²) in [4.78, 5) is 0. The van der Waals surface area contributed by atoms with Crippen LogP contribution in [0, 0.1) is 23.7 Å². The predicted octanol–water partition coefficient (Wildman–Crippen LogP) is -2.11. The Kier molecular flexibility index (Phi) is 8.58. The highest BCUT2D eigenvalue weighted by Crippen LogP contribution is 2.57. The molecule has 2 aliphatic heterocycles. The summed E-state index contributed by atoms with van der Waals surface area (Å²) in [5.74, 6) is 11.6. The van der Waals surface area contributed by atoms with Crippen molar-refractivity contribution in [3.05, 3.63) is 58.7 Å². The van der Waals surface area contributed by atoms with Gasteiger partial charge in [-0.2, -0.15) is 0 Å². The van der Waals surface area contributed by atoms with Crippen molar-refractivity contribution in [3.8, 4) is 34.8 Å². The zero-order valence-corrected chi connectivity index (χ0v) is 23.7. The van der Waals surface area contributed by atoms with Gasteiger partial charge in [-0.05, 0) is 59.4 Å². The van der Waals surface area contributed by atoms with E-state index >= 15 is 0 Å². The molecule has 2 aromatic rings. The maximum Gasteiger partial charge on any atom is 0.147 e. The van der Waals surface area contributed by atoms with Crippen molar-refractivity contribution >= 4 is 0 Å². The lowest BCUT2D eigenvalue weighted by Crippen LogP contribution is -2.58. The second-order valence-electron chi connectivity index (χ2n) is 12.1. The summed E-state index contributed by atoms with van der Waals surface area (Å²) in [7, 11) is 0. The van der Waals surface area contributed by atoms with Gasteiger partial charge in [0.1, 0.15) is 42.7 Å². The van der Waals surface area contributed by atoms with Gasteiger partial charge in [-0.15, -0.1) is 0 Å². The van der Waals surface area contributed by atoms with Crippen molar-refractivity contribution in [2.75, 3.05) is 13.2 Å². The fraction of sp³-hybridized carbons (Fsp3) is 0.515. The lowest BCUT2D eigenvalue weighted by Gasteiger charge is -2.37. The molecule has 234 valence electrons. The molecule has 0 bridgehead atoms. The van der Waals surface area contributed by atoms with Crippen LogP contribution >= 0.6 is 0 Å². The number of rotatable bonds is 2. The van der Waals surface area contributed by atoms with Crippen LogP contribution < -0.4 is 0 Å². The van der Waals surface area contributed by atoms with Crippen molar-refractivity contribution in [3.63, 3.8) is 0 Å². The molecule has 11 nitrogen and oxygen atoms in total. The third-order valence-electron chi connectivity index (χ3n) is 9.28. The second kappa shape index (κ2) is 12.1. The Morgan fingerprint density at radius 3 is 1.70 bits per heavy atom. The Morgan fingerprint density at radius 2 is 1.18 bits per heavy atom. The van der Waals surface area contributed by atoms with Gasteiger partial charge in [0.2, 0.25) is 0 Å². The van der Waals surface area contributed by atoms with E-state index in [9.17, 15) is 46.0 Å². The molecule has 12 atom stereocenters. The van der Waals surface area contributed by atoms with Gasteiger partial charge in [0.15, 0.2) is 0 Å². The predicted molar refractivity (Wildman–Crippen MR) is 154 cm³/mol. The Hall–Kier alpha value is -2.88. The molecule has 3 fully saturated rings. The van der Waals surface area contributed by atoms with Gasteiger partial charge in [0, 0.05) is 23.0 Å². The maximum absolute atomic E-state index is 10.7. The Labute approximate surface area is 254 Å². The average molecular weight is 609 g/mol. The first-order valence-electron chi connectivity index (χ1n) is 14.7. The summed E-state index contributed by atoms with van der Waals surface area (Å²) >= 11 is 0. The lowest BCUT2D eigenvalue weighted by molar-refractivity contribution is -0.214. The zero-order chi connectivity index (χ0) is 31.3. The summed E-state index contributed by atoms with van der Waals surface area (Å²) in [6.07, 6.45) is -12.0. The summed E-state index contributed by atoms with van der Waals surface area (Å²) in [6, 6.07) is 11.2. The number of ether oxygens (including phenoxy) is 2. The highest BCUT2D eigenvalue weighted by molar-refractivity contribution is 5.83. The van der Waals surface area contributed by atoms with Gasteiger partial charge in [0.05, 0.1) is 37.6 Å². The molecule has 2 heterocycles. The van der Waals surface area contributed by atoms with Crippen LogP contribution in [0.4, 0.5) is 0 Å². The van der Waals surface area contributed by atoms with E-state index < -0.39 is 79.2 Å². The first-order chi connectivity index (χ1) is 21.1. The van der Waals surface area contributed by atoms with E-state index in [1.807, 2.05) is 30.3 Å².